The van der Waals surface area contributed by atoms with E-state index in [1.54, 1.807) is 6.07 Å². The number of halogens is 3. The van der Waals surface area contributed by atoms with E-state index in [1.807, 2.05) is 0 Å². The van der Waals surface area contributed by atoms with Crippen LogP contribution in [-0.4, -0.2) is 12.7 Å². The van der Waals surface area contributed by atoms with Crippen LogP contribution in [0, 0.1) is 5.82 Å². The van der Waals surface area contributed by atoms with Crippen LogP contribution in [0.5, 0.6) is 0 Å². The Bertz CT molecular complexity index is 359. The number of hydrogen-bond donors (Lipinski definition) is 0. The summed E-state index contributed by atoms with van der Waals surface area (Å²) < 4.78 is 43.3. The zero-order chi connectivity index (χ0) is 11.5. The molecule has 0 radical (unpaired) electrons. The molecule has 1 fully saturated rings. The fourth-order valence-corrected chi connectivity index (χ4v) is 1.96. The number of benzene rings is 1. The van der Waals surface area contributed by atoms with Gasteiger partial charge in [0, 0.05) is 6.61 Å². The van der Waals surface area contributed by atoms with Crippen LogP contribution < -0.4 is 0 Å². The molecule has 0 bridgehead atoms. The Balaban J connectivity index is 2.12. The molecule has 0 aliphatic carbocycles. The summed E-state index contributed by atoms with van der Waals surface area (Å²) in [5, 5.41) is 0. The first-order valence-corrected chi connectivity index (χ1v) is 5.35. The first-order chi connectivity index (χ1) is 7.66. The zero-order valence-electron chi connectivity index (χ0n) is 8.76. The van der Waals surface area contributed by atoms with E-state index in [0.29, 0.717) is 12.0 Å². The predicted octanol–water partition coefficient (Wildman–Crippen LogP) is 3.48. The maximum absolute atomic E-state index is 13.0. The second kappa shape index (κ2) is 4.87. The topological polar surface area (TPSA) is 9.23 Å². The van der Waals surface area contributed by atoms with Crippen LogP contribution in [-0.2, 0) is 11.2 Å². The molecule has 1 nitrogen and oxygen atoms in total. The average molecular weight is 230 g/mol. The molecule has 2 rings (SSSR count). The van der Waals surface area contributed by atoms with Gasteiger partial charge in [0.15, 0.2) is 0 Å². The Morgan fingerprint density at radius 3 is 2.81 bits per heavy atom. The molecule has 1 aliphatic rings. The van der Waals surface area contributed by atoms with E-state index in [-0.39, 0.29) is 6.10 Å². The fourth-order valence-electron chi connectivity index (χ4n) is 1.96. The van der Waals surface area contributed by atoms with E-state index in [4.69, 9.17) is 4.74 Å². The van der Waals surface area contributed by atoms with Gasteiger partial charge in [0.05, 0.1) is 11.7 Å². The highest BCUT2D eigenvalue weighted by Gasteiger charge is 2.18. The average Bonchev–Trinajstić information content (AvgIpc) is 2.73. The molecule has 1 saturated heterocycles. The van der Waals surface area contributed by atoms with Gasteiger partial charge in [0.2, 0.25) is 0 Å². The zero-order valence-corrected chi connectivity index (χ0v) is 8.76. The van der Waals surface area contributed by atoms with Gasteiger partial charge in [-0.3, -0.25) is 0 Å². The van der Waals surface area contributed by atoms with Crippen molar-refractivity contribution in [3.8, 4) is 0 Å². The van der Waals surface area contributed by atoms with Gasteiger partial charge in [-0.2, -0.15) is 0 Å². The minimum absolute atomic E-state index is 0.0935. The van der Waals surface area contributed by atoms with E-state index in [1.165, 1.54) is 6.07 Å². The van der Waals surface area contributed by atoms with Crippen molar-refractivity contribution in [1.29, 1.82) is 0 Å². The molecule has 0 amide bonds. The predicted molar refractivity (Wildman–Crippen MR) is 54.0 cm³/mol. The van der Waals surface area contributed by atoms with Crippen molar-refractivity contribution in [3.05, 3.63) is 35.1 Å². The molecular weight excluding hydrogens is 217 g/mol. The molecule has 1 unspecified atom stereocenters. The van der Waals surface area contributed by atoms with Crippen LogP contribution in [0.1, 0.15) is 30.4 Å². The van der Waals surface area contributed by atoms with Crippen molar-refractivity contribution >= 4 is 0 Å². The highest BCUT2D eigenvalue weighted by atomic mass is 19.3. The van der Waals surface area contributed by atoms with Crippen molar-refractivity contribution in [2.24, 2.45) is 0 Å². The summed E-state index contributed by atoms with van der Waals surface area (Å²) in [5.74, 6) is -0.842. The Labute approximate surface area is 92.2 Å². The minimum atomic E-state index is -2.76. The Hall–Kier alpha value is -1.03. The third-order valence-electron chi connectivity index (χ3n) is 2.78. The van der Waals surface area contributed by atoms with Crippen molar-refractivity contribution in [1.82, 2.24) is 0 Å². The number of rotatable bonds is 3. The monoisotopic (exact) mass is 230 g/mol. The molecule has 1 heterocycles. The Morgan fingerprint density at radius 2 is 2.19 bits per heavy atom. The number of alkyl halides is 2. The van der Waals surface area contributed by atoms with E-state index >= 15 is 0 Å². The first-order valence-electron chi connectivity index (χ1n) is 5.35. The van der Waals surface area contributed by atoms with Crippen molar-refractivity contribution in [2.45, 2.75) is 31.8 Å². The van der Waals surface area contributed by atoms with E-state index in [2.05, 4.69) is 0 Å². The van der Waals surface area contributed by atoms with Crippen molar-refractivity contribution in [3.63, 3.8) is 0 Å². The lowest BCUT2D eigenvalue weighted by molar-refractivity contribution is 0.111. The molecule has 0 saturated carbocycles. The van der Waals surface area contributed by atoms with Crippen LogP contribution >= 0.6 is 0 Å². The number of ether oxygens (including phenoxy) is 1. The van der Waals surface area contributed by atoms with Gasteiger partial charge in [0.1, 0.15) is 5.82 Å². The summed E-state index contributed by atoms with van der Waals surface area (Å²) in [6.07, 6.45) is -0.130. The summed E-state index contributed by atoms with van der Waals surface area (Å²) in [4.78, 5) is 0. The van der Waals surface area contributed by atoms with Gasteiger partial charge in [-0.05, 0) is 37.0 Å². The van der Waals surface area contributed by atoms with E-state index in [0.717, 1.165) is 25.5 Å². The summed E-state index contributed by atoms with van der Waals surface area (Å²) in [6, 6.07) is 3.89. The van der Waals surface area contributed by atoms with Crippen LogP contribution in [0.4, 0.5) is 13.2 Å². The molecule has 4 heteroatoms. The molecule has 0 aromatic heterocycles. The molecule has 0 spiro atoms. The quantitative estimate of drug-likeness (QED) is 0.772. The third kappa shape index (κ3) is 2.55. The minimum Gasteiger partial charge on any atom is -0.378 e. The molecule has 16 heavy (non-hydrogen) atoms. The largest absolute Gasteiger partial charge is 0.378 e. The maximum atomic E-state index is 13.0. The van der Waals surface area contributed by atoms with Crippen LogP contribution in [0.2, 0.25) is 0 Å². The van der Waals surface area contributed by atoms with E-state index in [9.17, 15) is 13.2 Å². The van der Waals surface area contributed by atoms with Gasteiger partial charge in [-0.1, -0.05) is 6.07 Å². The summed E-state index contributed by atoms with van der Waals surface area (Å²) in [7, 11) is 0. The second-order valence-corrected chi connectivity index (χ2v) is 4.00. The Morgan fingerprint density at radius 1 is 1.38 bits per heavy atom. The molecule has 1 atom stereocenters. The highest BCUT2D eigenvalue weighted by molar-refractivity contribution is 5.26. The molecule has 88 valence electrons. The smallest absolute Gasteiger partial charge is 0.266 e. The highest BCUT2D eigenvalue weighted by Crippen LogP contribution is 2.25. The van der Waals surface area contributed by atoms with Gasteiger partial charge in [-0.15, -0.1) is 0 Å². The lowest BCUT2D eigenvalue weighted by Crippen LogP contribution is -2.09. The van der Waals surface area contributed by atoms with Crippen molar-refractivity contribution in [2.75, 3.05) is 6.61 Å². The standard InChI is InChI=1S/C12H13F3O/c13-11-4-3-8(7-10(11)12(14)15)6-9-2-1-5-16-9/h3-4,7,9,12H,1-2,5-6H2. The van der Waals surface area contributed by atoms with Crippen LogP contribution in [0.3, 0.4) is 0 Å². The van der Waals surface area contributed by atoms with Crippen LogP contribution in [0.25, 0.3) is 0 Å². The molecule has 1 aliphatic heterocycles. The molecule has 1 aromatic carbocycles. The van der Waals surface area contributed by atoms with E-state index < -0.39 is 17.8 Å². The maximum Gasteiger partial charge on any atom is 0.266 e. The third-order valence-corrected chi connectivity index (χ3v) is 2.78. The summed E-state index contributed by atoms with van der Waals surface area (Å²) in [5.41, 5.74) is 0.194. The second-order valence-electron chi connectivity index (χ2n) is 4.00. The molecule has 0 N–H and O–H groups in total. The van der Waals surface area contributed by atoms with Gasteiger partial charge < -0.3 is 4.74 Å². The summed E-state index contributed by atoms with van der Waals surface area (Å²) >= 11 is 0. The normalized spacial score (nSPS) is 20.6. The number of hydrogen-bond acceptors (Lipinski definition) is 1. The van der Waals surface area contributed by atoms with Crippen molar-refractivity contribution < 1.29 is 17.9 Å². The first kappa shape index (κ1) is 11.5. The lowest BCUT2D eigenvalue weighted by atomic mass is 10.0. The van der Waals surface area contributed by atoms with Crippen LogP contribution in [0.15, 0.2) is 18.2 Å². The molecule has 1 aromatic rings. The summed E-state index contributed by atoms with van der Waals surface area (Å²) in [6.45, 7) is 0.730. The fraction of sp³-hybridized carbons (Fsp3) is 0.500. The van der Waals surface area contributed by atoms with Gasteiger partial charge in [0.25, 0.3) is 6.43 Å². The lowest BCUT2D eigenvalue weighted by Gasteiger charge is -2.10. The Kier molecular flexibility index (Phi) is 3.49. The SMILES string of the molecule is Fc1ccc(CC2CCCO2)cc1C(F)F. The van der Waals surface area contributed by atoms with Gasteiger partial charge in [-0.25, -0.2) is 13.2 Å². The van der Waals surface area contributed by atoms with Gasteiger partial charge >= 0.3 is 0 Å². The molecular formula is C12H13F3O.